The van der Waals surface area contributed by atoms with E-state index in [9.17, 15) is 4.79 Å². The maximum atomic E-state index is 12.9. The first-order valence-electron chi connectivity index (χ1n) is 10.1. The molecule has 5 rings (SSSR count). The second kappa shape index (κ2) is 8.57. The Morgan fingerprint density at radius 3 is 2.35 bits per heavy atom. The Hall–Kier alpha value is -3.09. The van der Waals surface area contributed by atoms with Gasteiger partial charge in [0.15, 0.2) is 5.13 Å². The monoisotopic (exact) mass is 449 g/mol. The topological polar surface area (TPSA) is 45.7 Å². The van der Waals surface area contributed by atoms with Gasteiger partial charge in [-0.15, -0.1) is 0 Å². The zero-order valence-electron chi connectivity index (χ0n) is 16.7. The van der Waals surface area contributed by atoms with Gasteiger partial charge in [0.2, 0.25) is 0 Å². The largest absolute Gasteiger partial charge is 0.457 e. The lowest BCUT2D eigenvalue weighted by Crippen LogP contribution is -2.48. The fraction of sp³-hybridized carbons (Fsp3) is 0.167. The normalized spacial score (nSPS) is 14.1. The molecular formula is C24H20ClN3O2S. The number of para-hydroxylation sites is 1. The number of ether oxygens (including phenoxy) is 1. The summed E-state index contributed by atoms with van der Waals surface area (Å²) < 4.78 is 6.89. The van der Waals surface area contributed by atoms with Crippen LogP contribution in [-0.4, -0.2) is 42.0 Å². The van der Waals surface area contributed by atoms with Gasteiger partial charge in [0, 0.05) is 36.8 Å². The van der Waals surface area contributed by atoms with Crippen molar-refractivity contribution in [2.24, 2.45) is 0 Å². The van der Waals surface area contributed by atoms with E-state index in [1.54, 1.807) is 11.3 Å². The van der Waals surface area contributed by atoms with E-state index in [1.807, 2.05) is 77.7 Å². The van der Waals surface area contributed by atoms with E-state index >= 15 is 0 Å². The van der Waals surface area contributed by atoms with Gasteiger partial charge in [-0.25, -0.2) is 4.98 Å². The van der Waals surface area contributed by atoms with E-state index in [0.29, 0.717) is 24.4 Å². The van der Waals surface area contributed by atoms with Crippen LogP contribution in [0.15, 0.2) is 72.8 Å². The third-order valence-electron chi connectivity index (χ3n) is 5.26. The number of anilines is 1. The summed E-state index contributed by atoms with van der Waals surface area (Å²) in [6, 6.07) is 22.7. The molecule has 1 fully saturated rings. The highest BCUT2D eigenvalue weighted by atomic mass is 35.5. The molecule has 1 saturated heterocycles. The first-order valence-corrected chi connectivity index (χ1v) is 11.3. The standard InChI is InChI=1S/C24H20ClN3O2S/c25-18-8-11-21-22(16-18)31-24(26-21)28-14-12-27(13-15-28)23(29)17-6-9-20(10-7-17)30-19-4-2-1-3-5-19/h1-11,16H,12-15H2. The zero-order chi connectivity index (χ0) is 21.2. The molecule has 2 heterocycles. The van der Waals surface area contributed by atoms with Gasteiger partial charge in [-0.1, -0.05) is 41.1 Å². The number of aromatic nitrogens is 1. The molecule has 0 atom stereocenters. The first kappa shape index (κ1) is 19.8. The molecule has 1 aliphatic rings. The quantitative estimate of drug-likeness (QED) is 0.400. The molecule has 0 radical (unpaired) electrons. The predicted octanol–water partition coefficient (Wildman–Crippen LogP) is 5.70. The number of benzene rings is 3. The fourth-order valence-electron chi connectivity index (χ4n) is 3.60. The highest BCUT2D eigenvalue weighted by molar-refractivity contribution is 7.22. The van der Waals surface area contributed by atoms with Crippen molar-refractivity contribution in [3.63, 3.8) is 0 Å². The maximum absolute atomic E-state index is 12.9. The molecule has 0 spiro atoms. The van der Waals surface area contributed by atoms with Crippen LogP contribution in [0.4, 0.5) is 5.13 Å². The molecule has 0 unspecified atom stereocenters. The molecule has 0 N–H and O–H groups in total. The fourth-order valence-corrected chi connectivity index (χ4v) is 4.89. The zero-order valence-corrected chi connectivity index (χ0v) is 18.3. The minimum Gasteiger partial charge on any atom is -0.457 e. The predicted molar refractivity (Wildman–Crippen MR) is 126 cm³/mol. The van der Waals surface area contributed by atoms with E-state index in [-0.39, 0.29) is 5.91 Å². The van der Waals surface area contributed by atoms with Crippen molar-refractivity contribution < 1.29 is 9.53 Å². The third kappa shape index (κ3) is 4.36. The molecular weight excluding hydrogens is 430 g/mol. The number of thiazole rings is 1. The molecule has 5 nitrogen and oxygen atoms in total. The molecule has 31 heavy (non-hydrogen) atoms. The smallest absolute Gasteiger partial charge is 0.253 e. The van der Waals surface area contributed by atoms with Gasteiger partial charge in [0.25, 0.3) is 5.91 Å². The van der Waals surface area contributed by atoms with E-state index in [4.69, 9.17) is 21.3 Å². The first-order chi connectivity index (χ1) is 15.2. The van der Waals surface area contributed by atoms with Gasteiger partial charge >= 0.3 is 0 Å². The molecule has 0 saturated carbocycles. The van der Waals surface area contributed by atoms with Crippen molar-refractivity contribution in [3.8, 4) is 11.5 Å². The Morgan fingerprint density at radius 1 is 0.903 bits per heavy atom. The van der Waals surface area contributed by atoms with E-state index in [0.717, 1.165) is 39.2 Å². The van der Waals surface area contributed by atoms with Crippen molar-refractivity contribution in [3.05, 3.63) is 83.4 Å². The Labute approximate surface area is 189 Å². The summed E-state index contributed by atoms with van der Waals surface area (Å²) in [6.07, 6.45) is 0. The molecule has 1 aliphatic heterocycles. The van der Waals surface area contributed by atoms with Crippen LogP contribution in [-0.2, 0) is 0 Å². The van der Waals surface area contributed by atoms with Crippen molar-refractivity contribution in [1.29, 1.82) is 0 Å². The molecule has 0 bridgehead atoms. The number of amides is 1. The summed E-state index contributed by atoms with van der Waals surface area (Å²) in [4.78, 5) is 21.8. The minimum atomic E-state index is 0.0435. The van der Waals surface area contributed by atoms with Crippen LogP contribution in [0.2, 0.25) is 5.02 Å². The molecule has 156 valence electrons. The van der Waals surface area contributed by atoms with Crippen LogP contribution in [0.1, 0.15) is 10.4 Å². The van der Waals surface area contributed by atoms with Crippen molar-refractivity contribution >= 4 is 44.2 Å². The van der Waals surface area contributed by atoms with Crippen LogP contribution in [0.25, 0.3) is 10.2 Å². The lowest BCUT2D eigenvalue weighted by Gasteiger charge is -2.34. The molecule has 0 aliphatic carbocycles. The van der Waals surface area contributed by atoms with Gasteiger partial charge < -0.3 is 14.5 Å². The number of rotatable bonds is 4. The number of fused-ring (bicyclic) bond motifs is 1. The second-order valence-corrected chi connectivity index (χ2v) is 8.77. The Bertz CT molecular complexity index is 1200. The van der Waals surface area contributed by atoms with Crippen LogP contribution >= 0.6 is 22.9 Å². The number of halogens is 1. The van der Waals surface area contributed by atoms with Crippen molar-refractivity contribution in [2.75, 3.05) is 31.1 Å². The Morgan fingerprint density at radius 2 is 1.61 bits per heavy atom. The van der Waals surface area contributed by atoms with Crippen molar-refractivity contribution in [1.82, 2.24) is 9.88 Å². The maximum Gasteiger partial charge on any atom is 0.253 e. The van der Waals surface area contributed by atoms with Gasteiger partial charge in [0.05, 0.1) is 10.2 Å². The molecule has 4 aromatic rings. The molecule has 7 heteroatoms. The summed E-state index contributed by atoms with van der Waals surface area (Å²) in [7, 11) is 0. The molecule has 1 aromatic heterocycles. The summed E-state index contributed by atoms with van der Waals surface area (Å²) in [5.74, 6) is 1.53. The lowest BCUT2D eigenvalue weighted by molar-refractivity contribution is 0.0747. The van der Waals surface area contributed by atoms with E-state index in [2.05, 4.69) is 4.90 Å². The number of piperazine rings is 1. The van der Waals surface area contributed by atoms with E-state index < -0.39 is 0 Å². The number of nitrogens with zero attached hydrogens (tertiary/aromatic N) is 3. The third-order valence-corrected chi connectivity index (χ3v) is 6.57. The average molecular weight is 450 g/mol. The van der Waals surface area contributed by atoms with Crippen LogP contribution in [0, 0.1) is 0 Å². The van der Waals surface area contributed by atoms with Crippen LogP contribution < -0.4 is 9.64 Å². The molecule has 1 amide bonds. The average Bonchev–Trinajstić information content (AvgIpc) is 3.23. The minimum absolute atomic E-state index is 0.0435. The van der Waals surface area contributed by atoms with Crippen LogP contribution in [0.5, 0.6) is 11.5 Å². The summed E-state index contributed by atoms with van der Waals surface area (Å²) >= 11 is 7.73. The molecule has 3 aromatic carbocycles. The summed E-state index contributed by atoms with van der Waals surface area (Å²) in [6.45, 7) is 2.85. The van der Waals surface area contributed by atoms with Crippen LogP contribution in [0.3, 0.4) is 0 Å². The van der Waals surface area contributed by atoms with Crippen molar-refractivity contribution in [2.45, 2.75) is 0 Å². The van der Waals surface area contributed by atoms with Gasteiger partial charge in [0.1, 0.15) is 11.5 Å². The highest BCUT2D eigenvalue weighted by Crippen LogP contribution is 2.31. The number of hydrogen-bond donors (Lipinski definition) is 0. The van der Waals surface area contributed by atoms with Gasteiger partial charge in [-0.05, 0) is 54.6 Å². The number of hydrogen-bond acceptors (Lipinski definition) is 5. The Kier molecular flexibility index (Phi) is 5.49. The van der Waals surface area contributed by atoms with E-state index in [1.165, 1.54) is 0 Å². The number of carbonyl (C=O) groups excluding carboxylic acids is 1. The lowest BCUT2D eigenvalue weighted by atomic mass is 10.1. The van der Waals surface area contributed by atoms with Gasteiger partial charge in [-0.2, -0.15) is 0 Å². The summed E-state index contributed by atoms with van der Waals surface area (Å²) in [5.41, 5.74) is 1.63. The Balaban J connectivity index is 1.21. The van der Waals surface area contributed by atoms with Gasteiger partial charge in [-0.3, -0.25) is 4.79 Å². The highest BCUT2D eigenvalue weighted by Gasteiger charge is 2.24. The number of carbonyl (C=O) groups is 1. The summed E-state index contributed by atoms with van der Waals surface area (Å²) in [5, 5.41) is 1.70. The SMILES string of the molecule is O=C(c1ccc(Oc2ccccc2)cc1)N1CCN(c2nc3ccc(Cl)cc3s2)CC1. The second-order valence-electron chi connectivity index (χ2n) is 7.33.